The van der Waals surface area contributed by atoms with Crippen molar-refractivity contribution in [3.63, 3.8) is 0 Å². The van der Waals surface area contributed by atoms with Crippen molar-refractivity contribution in [2.45, 2.75) is 39.2 Å². The third-order valence-electron chi connectivity index (χ3n) is 4.43. The molecule has 98 valence electrons. The average Bonchev–Trinajstić information content (AvgIpc) is 2.91. The molecule has 1 aliphatic carbocycles. The Kier molecular flexibility index (Phi) is 3.29. The fourth-order valence-electron chi connectivity index (χ4n) is 2.90. The Balaban J connectivity index is 1.66. The van der Waals surface area contributed by atoms with Crippen LogP contribution in [0.25, 0.3) is 0 Å². The van der Waals surface area contributed by atoms with E-state index >= 15 is 0 Å². The first-order valence-electron chi connectivity index (χ1n) is 7.27. The summed E-state index contributed by atoms with van der Waals surface area (Å²) < 4.78 is 5.57. The topological polar surface area (TPSA) is 21.3 Å². The van der Waals surface area contributed by atoms with E-state index in [1.807, 2.05) is 0 Å². The highest BCUT2D eigenvalue weighted by Crippen LogP contribution is 2.37. The molecule has 3 atom stereocenters. The van der Waals surface area contributed by atoms with Gasteiger partial charge in [-0.25, -0.2) is 0 Å². The van der Waals surface area contributed by atoms with Gasteiger partial charge in [-0.3, -0.25) is 0 Å². The van der Waals surface area contributed by atoms with Gasteiger partial charge in [0, 0.05) is 12.5 Å². The summed E-state index contributed by atoms with van der Waals surface area (Å²) >= 11 is 0. The molecule has 1 aromatic carbocycles. The number of benzene rings is 1. The second-order valence-corrected chi connectivity index (χ2v) is 5.81. The summed E-state index contributed by atoms with van der Waals surface area (Å²) in [4.78, 5) is 0. The molecule has 1 aliphatic heterocycles. The summed E-state index contributed by atoms with van der Waals surface area (Å²) in [6, 6.07) is 7.20. The number of ether oxygens (including phenoxy) is 1. The van der Waals surface area contributed by atoms with E-state index in [0.717, 1.165) is 37.0 Å². The standard InChI is InChI=1S/C16H23NO/c1-3-15(17-10-14-8-11(14)2)12-4-5-16-13(9-12)6-7-18-16/h4-5,9,11,14-15,17H,3,6-8,10H2,1-2H3. The fourth-order valence-corrected chi connectivity index (χ4v) is 2.90. The van der Waals surface area contributed by atoms with Crippen LogP contribution in [0.15, 0.2) is 18.2 Å². The zero-order valence-corrected chi connectivity index (χ0v) is 11.4. The molecule has 1 saturated carbocycles. The van der Waals surface area contributed by atoms with Gasteiger partial charge in [0.25, 0.3) is 0 Å². The van der Waals surface area contributed by atoms with E-state index in [1.165, 1.54) is 24.1 Å². The van der Waals surface area contributed by atoms with E-state index < -0.39 is 0 Å². The minimum atomic E-state index is 0.503. The predicted molar refractivity (Wildman–Crippen MR) is 73.9 cm³/mol. The first-order valence-corrected chi connectivity index (χ1v) is 7.27. The summed E-state index contributed by atoms with van der Waals surface area (Å²) in [7, 11) is 0. The first-order chi connectivity index (χ1) is 8.78. The minimum absolute atomic E-state index is 0.503. The van der Waals surface area contributed by atoms with Crippen molar-refractivity contribution in [1.29, 1.82) is 0 Å². The van der Waals surface area contributed by atoms with Gasteiger partial charge in [0.1, 0.15) is 5.75 Å². The molecular weight excluding hydrogens is 222 g/mol. The Hall–Kier alpha value is -1.02. The van der Waals surface area contributed by atoms with Crippen molar-refractivity contribution in [2.24, 2.45) is 11.8 Å². The molecule has 0 saturated heterocycles. The third kappa shape index (κ3) is 2.39. The van der Waals surface area contributed by atoms with Gasteiger partial charge in [-0.1, -0.05) is 26.0 Å². The second kappa shape index (κ2) is 4.93. The Morgan fingerprint density at radius 2 is 2.28 bits per heavy atom. The molecule has 0 aromatic heterocycles. The SMILES string of the molecule is CCC(NCC1CC1C)c1ccc2c(c1)CCO2. The number of rotatable bonds is 5. The first kappa shape index (κ1) is 12.0. The summed E-state index contributed by atoms with van der Waals surface area (Å²) in [6.07, 6.45) is 3.63. The van der Waals surface area contributed by atoms with Crippen molar-refractivity contribution in [1.82, 2.24) is 5.32 Å². The summed E-state index contributed by atoms with van der Waals surface area (Å²) in [5, 5.41) is 3.73. The molecule has 18 heavy (non-hydrogen) atoms. The van der Waals surface area contributed by atoms with Gasteiger partial charge < -0.3 is 10.1 Å². The van der Waals surface area contributed by atoms with E-state index in [4.69, 9.17) is 4.74 Å². The Morgan fingerprint density at radius 1 is 1.44 bits per heavy atom. The van der Waals surface area contributed by atoms with E-state index in [0.29, 0.717) is 6.04 Å². The maximum Gasteiger partial charge on any atom is 0.122 e. The van der Waals surface area contributed by atoms with Crippen molar-refractivity contribution in [3.05, 3.63) is 29.3 Å². The molecule has 0 spiro atoms. The van der Waals surface area contributed by atoms with Crippen LogP contribution in [-0.2, 0) is 6.42 Å². The van der Waals surface area contributed by atoms with Gasteiger partial charge in [-0.15, -0.1) is 0 Å². The summed E-state index contributed by atoms with van der Waals surface area (Å²) in [5.74, 6) is 2.93. The van der Waals surface area contributed by atoms with Crippen LogP contribution in [0.1, 0.15) is 43.9 Å². The lowest BCUT2D eigenvalue weighted by molar-refractivity contribution is 0.356. The maximum absolute atomic E-state index is 5.57. The fraction of sp³-hybridized carbons (Fsp3) is 0.625. The molecule has 3 rings (SSSR count). The molecular formula is C16H23NO. The zero-order valence-electron chi connectivity index (χ0n) is 11.4. The largest absolute Gasteiger partial charge is 0.493 e. The van der Waals surface area contributed by atoms with Crippen molar-refractivity contribution < 1.29 is 4.74 Å². The van der Waals surface area contributed by atoms with Crippen LogP contribution in [0.2, 0.25) is 0 Å². The number of nitrogens with one attached hydrogen (secondary N) is 1. The van der Waals surface area contributed by atoms with Gasteiger partial charge in [-0.05, 0) is 48.4 Å². The molecule has 1 fully saturated rings. The van der Waals surface area contributed by atoms with Gasteiger partial charge in [-0.2, -0.15) is 0 Å². The molecule has 3 unspecified atom stereocenters. The molecule has 0 bridgehead atoms. The Bertz CT molecular complexity index is 429. The van der Waals surface area contributed by atoms with Crippen LogP contribution in [0.5, 0.6) is 5.75 Å². The molecule has 2 heteroatoms. The van der Waals surface area contributed by atoms with E-state index in [2.05, 4.69) is 37.4 Å². The maximum atomic E-state index is 5.57. The number of hydrogen-bond donors (Lipinski definition) is 1. The van der Waals surface area contributed by atoms with Gasteiger partial charge in [0.05, 0.1) is 6.61 Å². The zero-order chi connectivity index (χ0) is 12.5. The normalized spacial score (nSPS) is 26.6. The van der Waals surface area contributed by atoms with Crippen LogP contribution >= 0.6 is 0 Å². The van der Waals surface area contributed by atoms with Crippen LogP contribution in [0.3, 0.4) is 0 Å². The molecule has 1 heterocycles. The highest BCUT2D eigenvalue weighted by atomic mass is 16.5. The monoisotopic (exact) mass is 245 g/mol. The smallest absolute Gasteiger partial charge is 0.122 e. The highest BCUT2D eigenvalue weighted by molar-refractivity contribution is 5.40. The molecule has 0 radical (unpaired) electrons. The predicted octanol–water partition coefficient (Wildman–Crippen LogP) is 3.32. The van der Waals surface area contributed by atoms with E-state index in [-0.39, 0.29) is 0 Å². The Morgan fingerprint density at radius 3 is 3.00 bits per heavy atom. The van der Waals surface area contributed by atoms with Crippen LogP contribution in [0, 0.1) is 11.8 Å². The summed E-state index contributed by atoms with van der Waals surface area (Å²) in [6.45, 7) is 6.63. The molecule has 2 aliphatic rings. The lowest BCUT2D eigenvalue weighted by atomic mass is 10.0. The second-order valence-electron chi connectivity index (χ2n) is 5.81. The van der Waals surface area contributed by atoms with E-state index in [9.17, 15) is 0 Å². The average molecular weight is 245 g/mol. The molecule has 2 nitrogen and oxygen atoms in total. The molecule has 0 amide bonds. The number of hydrogen-bond acceptors (Lipinski definition) is 2. The van der Waals surface area contributed by atoms with Crippen LogP contribution < -0.4 is 10.1 Å². The van der Waals surface area contributed by atoms with Gasteiger partial charge >= 0.3 is 0 Å². The van der Waals surface area contributed by atoms with Crippen molar-refractivity contribution in [2.75, 3.05) is 13.2 Å². The molecule has 1 N–H and O–H groups in total. The highest BCUT2D eigenvalue weighted by Gasteiger charge is 2.32. The minimum Gasteiger partial charge on any atom is -0.493 e. The number of fused-ring (bicyclic) bond motifs is 1. The van der Waals surface area contributed by atoms with Crippen LogP contribution in [-0.4, -0.2) is 13.2 Å². The van der Waals surface area contributed by atoms with Crippen molar-refractivity contribution in [3.8, 4) is 5.75 Å². The van der Waals surface area contributed by atoms with Crippen LogP contribution in [0.4, 0.5) is 0 Å². The van der Waals surface area contributed by atoms with Gasteiger partial charge in [0.15, 0.2) is 0 Å². The van der Waals surface area contributed by atoms with E-state index in [1.54, 1.807) is 0 Å². The Labute approximate surface area is 110 Å². The summed E-state index contributed by atoms with van der Waals surface area (Å²) in [5.41, 5.74) is 2.81. The third-order valence-corrected chi connectivity index (χ3v) is 4.43. The quantitative estimate of drug-likeness (QED) is 0.859. The lowest BCUT2D eigenvalue weighted by Crippen LogP contribution is -2.23. The van der Waals surface area contributed by atoms with Gasteiger partial charge in [0.2, 0.25) is 0 Å². The lowest BCUT2D eigenvalue weighted by Gasteiger charge is -2.18. The molecule has 1 aromatic rings. The van der Waals surface area contributed by atoms with Crippen molar-refractivity contribution >= 4 is 0 Å².